The number of benzene rings is 1. The number of carbonyl (C=O) groups excluding carboxylic acids is 1. The molecular weight excluding hydrogens is 314 g/mol. The SMILES string of the molecule is CCCCCCN1C(=O)/C(=C\c2ccccc2OC)SC1=S. The summed E-state index contributed by atoms with van der Waals surface area (Å²) in [4.78, 5) is 14.9. The molecule has 5 heteroatoms. The normalized spacial score (nSPS) is 16.6. The summed E-state index contributed by atoms with van der Waals surface area (Å²) in [5.41, 5.74) is 0.900. The van der Waals surface area contributed by atoms with Crippen molar-refractivity contribution in [2.24, 2.45) is 0 Å². The van der Waals surface area contributed by atoms with Gasteiger partial charge >= 0.3 is 0 Å². The molecule has 1 aromatic carbocycles. The lowest BCUT2D eigenvalue weighted by atomic mass is 10.2. The number of ether oxygens (including phenoxy) is 1. The van der Waals surface area contributed by atoms with Gasteiger partial charge in [0.15, 0.2) is 0 Å². The molecule has 0 atom stereocenters. The van der Waals surface area contributed by atoms with Crippen LogP contribution in [0.15, 0.2) is 29.2 Å². The van der Waals surface area contributed by atoms with E-state index in [0.717, 1.165) is 24.2 Å². The zero-order valence-corrected chi connectivity index (χ0v) is 14.6. The highest BCUT2D eigenvalue weighted by atomic mass is 32.2. The van der Waals surface area contributed by atoms with Crippen molar-refractivity contribution in [2.75, 3.05) is 13.7 Å². The lowest BCUT2D eigenvalue weighted by molar-refractivity contribution is -0.122. The van der Waals surface area contributed by atoms with E-state index < -0.39 is 0 Å². The number of rotatable bonds is 7. The van der Waals surface area contributed by atoms with Crippen LogP contribution in [0.3, 0.4) is 0 Å². The van der Waals surface area contributed by atoms with Crippen molar-refractivity contribution in [3.8, 4) is 5.75 Å². The van der Waals surface area contributed by atoms with Crippen LogP contribution in [-0.4, -0.2) is 28.8 Å². The fourth-order valence-electron chi connectivity index (χ4n) is 2.32. The molecule has 118 valence electrons. The van der Waals surface area contributed by atoms with Crippen molar-refractivity contribution in [2.45, 2.75) is 32.6 Å². The number of methoxy groups -OCH3 is 1. The average molecular weight is 335 g/mol. The first-order valence-corrected chi connectivity index (χ1v) is 8.78. The smallest absolute Gasteiger partial charge is 0.266 e. The molecule has 1 aliphatic heterocycles. The minimum atomic E-state index is 0.0115. The third-order valence-corrected chi connectivity index (χ3v) is 4.91. The second kappa shape index (κ2) is 8.34. The minimum Gasteiger partial charge on any atom is -0.496 e. The van der Waals surface area contributed by atoms with Gasteiger partial charge in [-0.15, -0.1) is 0 Å². The molecule has 0 saturated carbocycles. The van der Waals surface area contributed by atoms with E-state index in [-0.39, 0.29) is 5.91 Å². The van der Waals surface area contributed by atoms with E-state index in [1.807, 2.05) is 30.3 Å². The number of carbonyl (C=O) groups is 1. The molecule has 2 rings (SSSR count). The predicted molar refractivity (Wildman–Crippen MR) is 97.0 cm³/mol. The van der Waals surface area contributed by atoms with Gasteiger partial charge in [-0.25, -0.2) is 0 Å². The Morgan fingerprint density at radius 1 is 1.27 bits per heavy atom. The third kappa shape index (κ3) is 4.11. The number of hydrogen-bond acceptors (Lipinski definition) is 4. The summed E-state index contributed by atoms with van der Waals surface area (Å²) in [5.74, 6) is 0.771. The molecule has 0 unspecified atom stereocenters. The van der Waals surface area contributed by atoms with E-state index in [0.29, 0.717) is 15.8 Å². The van der Waals surface area contributed by atoms with Gasteiger partial charge in [-0.2, -0.15) is 0 Å². The number of thiocarbonyl (C=S) groups is 1. The molecule has 1 amide bonds. The standard InChI is InChI=1S/C17H21NO2S2/c1-3-4-5-8-11-18-16(19)15(22-17(18)21)12-13-9-6-7-10-14(13)20-2/h6-7,9-10,12H,3-5,8,11H2,1-2H3/b15-12+. The highest BCUT2D eigenvalue weighted by molar-refractivity contribution is 8.26. The predicted octanol–water partition coefficient (Wildman–Crippen LogP) is 4.48. The Labute approximate surface area is 141 Å². The Hall–Kier alpha value is -1.33. The van der Waals surface area contributed by atoms with Crippen LogP contribution in [0.4, 0.5) is 0 Å². The zero-order valence-electron chi connectivity index (χ0n) is 13.0. The highest BCUT2D eigenvalue weighted by Crippen LogP contribution is 2.34. The molecular formula is C17H21NO2S2. The summed E-state index contributed by atoms with van der Waals surface area (Å²) in [6, 6.07) is 7.67. The van der Waals surface area contributed by atoms with Crippen LogP contribution in [0.2, 0.25) is 0 Å². The lowest BCUT2D eigenvalue weighted by Gasteiger charge is -2.13. The van der Waals surface area contributed by atoms with Crippen LogP contribution >= 0.6 is 24.0 Å². The summed E-state index contributed by atoms with van der Waals surface area (Å²) in [6.07, 6.45) is 6.39. The van der Waals surface area contributed by atoms with Gasteiger partial charge in [0.25, 0.3) is 5.91 Å². The maximum atomic E-state index is 12.5. The molecule has 0 aromatic heterocycles. The topological polar surface area (TPSA) is 29.5 Å². The maximum absolute atomic E-state index is 12.5. The van der Waals surface area contributed by atoms with Gasteiger partial charge < -0.3 is 4.74 Å². The van der Waals surface area contributed by atoms with Crippen LogP contribution in [0.25, 0.3) is 6.08 Å². The second-order valence-corrected chi connectivity index (χ2v) is 6.81. The molecule has 22 heavy (non-hydrogen) atoms. The van der Waals surface area contributed by atoms with Crippen molar-refractivity contribution in [3.63, 3.8) is 0 Å². The van der Waals surface area contributed by atoms with Gasteiger partial charge in [0.05, 0.1) is 12.0 Å². The van der Waals surface area contributed by atoms with Gasteiger partial charge in [-0.05, 0) is 18.6 Å². The Bertz CT molecular complexity index is 584. The molecule has 1 fully saturated rings. The van der Waals surface area contributed by atoms with E-state index in [1.54, 1.807) is 12.0 Å². The molecule has 1 aromatic rings. The molecule has 0 aliphatic carbocycles. The molecule has 0 radical (unpaired) electrons. The third-order valence-electron chi connectivity index (χ3n) is 3.53. The van der Waals surface area contributed by atoms with Gasteiger partial charge in [0.1, 0.15) is 10.1 Å². The zero-order chi connectivity index (χ0) is 15.9. The van der Waals surface area contributed by atoms with Gasteiger partial charge in [0.2, 0.25) is 0 Å². The first kappa shape index (κ1) is 17.0. The fraction of sp³-hybridized carbons (Fsp3) is 0.412. The van der Waals surface area contributed by atoms with Gasteiger partial charge in [-0.3, -0.25) is 9.69 Å². The number of amides is 1. The van der Waals surface area contributed by atoms with Crippen LogP contribution in [-0.2, 0) is 4.79 Å². The first-order chi connectivity index (χ1) is 10.7. The quantitative estimate of drug-likeness (QED) is 0.417. The van der Waals surface area contributed by atoms with Crippen molar-refractivity contribution in [1.29, 1.82) is 0 Å². The van der Waals surface area contributed by atoms with Crippen molar-refractivity contribution in [3.05, 3.63) is 34.7 Å². The minimum absolute atomic E-state index is 0.0115. The summed E-state index contributed by atoms with van der Waals surface area (Å²) in [7, 11) is 1.63. The van der Waals surface area contributed by atoms with Crippen molar-refractivity contribution in [1.82, 2.24) is 4.90 Å². The maximum Gasteiger partial charge on any atom is 0.266 e. The van der Waals surface area contributed by atoms with Crippen molar-refractivity contribution < 1.29 is 9.53 Å². The Balaban J connectivity index is 2.09. The van der Waals surface area contributed by atoms with E-state index in [9.17, 15) is 4.79 Å². The molecule has 0 bridgehead atoms. The molecule has 1 saturated heterocycles. The van der Waals surface area contributed by atoms with Crippen LogP contribution < -0.4 is 4.74 Å². The average Bonchev–Trinajstić information content (AvgIpc) is 2.79. The molecule has 0 N–H and O–H groups in total. The monoisotopic (exact) mass is 335 g/mol. The van der Waals surface area contributed by atoms with E-state index in [1.165, 1.54) is 24.6 Å². The summed E-state index contributed by atoms with van der Waals surface area (Å²) in [6.45, 7) is 2.89. The van der Waals surface area contributed by atoms with Crippen molar-refractivity contribution >= 4 is 40.3 Å². The highest BCUT2D eigenvalue weighted by Gasteiger charge is 2.31. The summed E-state index contributed by atoms with van der Waals surface area (Å²) < 4.78 is 5.98. The summed E-state index contributed by atoms with van der Waals surface area (Å²) >= 11 is 6.72. The van der Waals surface area contributed by atoms with Crippen LogP contribution in [0.5, 0.6) is 5.75 Å². The molecule has 3 nitrogen and oxygen atoms in total. The molecule has 1 heterocycles. The second-order valence-electron chi connectivity index (χ2n) is 5.14. The number of hydrogen-bond donors (Lipinski definition) is 0. The number of nitrogens with zero attached hydrogens (tertiary/aromatic N) is 1. The largest absolute Gasteiger partial charge is 0.496 e. The Morgan fingerprint density at radius 3 is 2.77 bits per heavy atom. The van der Waals surface area contributed by atoms with E-state index in [2.05, 4.69) is 6.92 Å². The van der Waals surface area contributed by atoms with Crippen LogP contribution in [0, 0.1) is 0 Å². The van der Waals surface area contributed by atoms with Gasteiger partial charge in [0, 0.05) is 12.1 Å². The Morgan fingerprint density at radius 2 is 2.05 bits per heavy atom. The van der Waals surface area contributed by atoms with Crippen LogP contribution in [0.1, 0.15) is 38.2 Å². The lowest BCUT2D eigenvalue weighted by Crippen LogP contribution is -2.29. The number of thioether (sulfide) groups is 1. The summed E-state index contributed by atoms with van der Waals surface area (Å²) in [5, 5.41) is 0. The number of unbranched alkanes of at least 4 members (excludes halogenated alkanes) is 3. The van der Waals surface area contributed by atoms with Gasteiger partial charge in [-0.1, -0.05) is 68.4 Å². The first-order valence-electron chi connectivity index (χ1n) is 7.55. The molecule has 1 aliphatic rings. The van der Waals surface area contributed by atoms with E-state index in [4.69, 9.17) is 17.0 Å². The number of para-hydroxylation sites is 1. The fourth-order valence-corrected chi connectivity index (χ4v) is 3.62. The van der Waals surface area contributed by atoms with E-state index >= 15 is 0 Å². The molecule has 0 spiro atoms. The Kier molecular flexibility index (Phi) is 6.46.